The van der Waals surface area contributed by atoms with Crippen LogP contribution in [0, 0.1) is 0 Å². The van der Waals surface area contributed by atoms with E-state index in [1.165, 1.54) is 11.1 Å². The van der Waals surface area contributed by atoms with E-state index in [2.05, 4.69) is 54.0 Å². The van der Waals surface area contributed by atoms with Crippen LogP contribution in [0.2, 0.25) is 0 Å². The van der Waals surface area contributed by atoms with Gasteiger partial charge in [0.1, 0.15) is 12.3 Å². The van der Waals surface area contributed by atoms with Gasteiger partial charge in [0.15, 0.2) is 5.75 Å². The monoisotopic (exact) mass is 541 g/mol. The van der Waals surface area contributed by atoms with Crippen molar-refractivity contribution in [3.63, 3.8) is 0 Å². The van der Waals surface area contributed by atoms with Crippen molar-refractivity contribution in [3.8, 4) is 17.0 Å². The Bertz CT molecular complexity index is 1610. The van der Waals surface area contributed by atoms with Crippen molar-refractivity contribution in [2.75, 3.05) is 13.2 Å². The maximum Gasteiger partial charge on any atom is 0.256 e. The molecule has 0 fully saturated rings. The number of para-hydroxylation sites is 1. The Morgan fingerprint density at radius 2 is 1.49 bits per heavy atom. The molecule has 1 aliphatic rings. The minimum absolute atomic E-state index is 0.116. The van der Waals surface area contributed by atoms with Crippen LogP contribution in [-0.4, -0.2) is 30.1 Å². The van der Waals surface area contributed by atoms with Crippen molar-refractivity contribution in [2.45, 2.75) is 38.3 Å². The molecule has 6 rings (SSSR count). The lowest BCUT2D eigenvalue weighted by molar-refractivity contribution is 0.0933. The summed E-state index contributed by atoms with van der Waals surface area (Å²) in [5.74, 6) is 0.359. The first-order chi connectivity index (χ1) is 20.2. The molecule has 0 radical (unpaired) electrons. The number of nitrogens with one attached hydrogen (secondary N) is 2. The number of carbonyl (C=O) groups excluding carboxylic acids is 1. The normalized spacial score (nSPS) is 13.6. The van der Waals surface area contributed by atoms with Gasteiger partial charge in [-0.2, -0.15) is 0 Å². The van der Waals surface area contributed by atoms with E-state index in [9.17, 15) is 4.79 Å². The van der Waals surface area contributed by atoms with Gasteiger partial charge < -0.3 is 15.4 Å². The molecule has 4 aromatic carbocycles. The van der Waals surface area contributed by atoms with E-state index in [1.54, 1.807) is 0 Å². The van der Waals surface area contributed by atoms with Crippen LogP contribution in [0.3, 0.4) is 0 Å². The van der Waals surface area contributed by atoms with Crippen molar-refractivity contribution in [1.29, 1.82) is 0 Å². The van der Waals surface area contributed by atoms with Gasteiger partial charge >= 0.3 is 0 Å². The Morgan fingerprint density at radius 3 is 2.20 bits per heavy atom. The maximum absolute atomic E-state index is 14.1. The third-order valence-electron chi connectivity index (χ3n) is 7.87. The molecular formula is C36H35N3O2. The average Bonchev–Trinajstić information content (AvgIpc) is 3.45. The number of pyridine rings is 1. The summed E-state index contributed by atoms with van der Waals surface area (Å²) in [7, 11) is 0. The SMILES string of the molecule is CC[C@H](NC(=O)c1c(OCCNC2Cc3ccccc3C2)c(-c2ccccc2)nc2ccccc12)c1ccccc1. The van der Waals surface area contributed by atoms with Gasteiger partial charge in [0, 0.05) is 23.5 Å². The smallest absolute Gasteiger partial charge is 0.256 e. The molecule has 0 unspecified atom stereocenters. The van der Waals surface area contributed by atoms with Gasteiger partial charge in [-0.05, 0) is 42.0 Å². The molecule has 0 saturated heterocycles. The molecule has 1 amide bonds. The number of nitrogens with zero attached hydrogens (tertiary/aromatic N) is 1. The van der Waals surface area contributed by atoms with E-state index in [-0.39, 0.29) is 11.9 Å². The quantitative estimate of drug-likeness (QED) is 0.189. The lowest BCUT2D eigenvalue weighted by Crippen LogP contribution is -2.33. The minimum atomic E-state index is -0.161. The lowest BCUT2D eigenvalue weighted by Gasteiger charge is -2.22. The van der Waals surface area contributed by atoms with Crippen LogP contribution >= 0.6 is 0 Å². The molecule has 2 N–H and O–H groups in total. The van der Waals surface area contributed by atoms with Crippen molar-refractivity contribution in [2.24, 2.45) is 0 Å². The predicted molar refractivity (Wildman–Crippen MR) is 165 cm³/mol. The number of hydrogen-bond acceptors (Lipinski definition) is 4. The van der Waals surface area contributed by atoms with E-state index in [0.717, 1.165) is 41.3 Å². The highest BCUT2D eigenvalue weighted by Crippen LogP contribution is 2.37. The number of rotatable bonds is 10. The summed E-state index contributed by atoms with van der Waals surface area (Å²) in [5, 5.41) is 7.73. The van der Waals surface area contributed by atoms with E-state index < -0.39 is 0 Å². The fraction of sp³-hybridized carbons (Fsp3) is 0.222. The van der Waals surface area contributed by atoms with Crippen LogP contribution in [0.25, 0.3) is 22.2 Å². The summed E-state index contributed by atoms with van der Waals surface area (Å²) in [6.07, 6.45) is 2.82. The molecule has 1 aromatic heterocycles. The summed E-state index contributed by atoms with van der Waals surface area (Å²) in [6.45, 7) is 3.17. The molecule has 1 heterocycles. The number of aromatic nitrogens is 1. The second-order valence-electron chi connectivity index (χ2n) is 10.6. The Morgan fingerprint density at radius 1 is 0.854 bits per heavy atom. The summed E-state index contributed by atoms with van der Waals surface area (Å²) in [5.41, 5.74) is 6.79. The van der Waals surface area contributed by atoms with Crippen LogP contribution in [-0.2, 0) is 12.8 Å². The lowest BCUT2D eigenvalue weighted by atomic mass is 10.00. The zero-order valence-electron chi connectivity index (χ0n) is 23.3. The fourth-order valence-electron chi connectivity index (χ4n) is 5.81. The number of benzene rings is 4. The molecule has 206 valence electrons. The van der Waals surface area contributed by atoms with E-state index >= 15 is 0 Å². The Labute approximate surface area is 241 Å². The molecule has 1 atom stereocenters. The second-order valence-corrected chi connectivity index (χ2v) is 10.6. The van der Waals surface area contributed by atoms with Gasteiger partial charge in [-0.25, -0.2) is 4.98 Å². The molecule has 41 heavy (non-hydrogen) atoms. The molecule has 5 aromatic rings. The number of amides is 1. The standard InChI is InChI=1S/C36H35N3O2/c1-2-31(25-13-5-3-6-14-25)39-36(40)33-30-19-11-12-20-32(30)38-34(26-15-7-4-8-16-26)35(33)41-22-21-37-29-23-27-17-9-10-18-28(27)24-29/h3-20,29,31,37H,2,21-24H2,1H3,(H,39,40)/t31-/m0/s1. The summed E-state index contributed by atoms with van der Waals surface area (Å²) in [4.78, 5) is 19.1. The number of hydrogen-bond donors (Lipinski definition) is 2. The molecule has 1 aliphatic carbocycles. The molecule has 0 aliphatic heterocycles. The second kappa shape index (κ2) is 12.4. The average molecular weight is 542 g/mol. The molecule has 0 saturated carbocycles. The summed E-state index contributed by atoms with van der Waals surface area (Å²) >= 11 is 0. The zero-order chi connectivity index (χ0) is 28.0. The Kier molecular flexibility index (Phi) is 8.06. The van der Waals surface area contributed by atoms with Gasteiger partial charge in [0.2, 0.25) is 0 Å². The molecule has 0 spiro atoms. The molecule has 5 heteroatoms. The Balaban J connectivity index is 1.31. The maximum atomic E-state index is 14.1. The first kappa shape index (κ1) is 26.7. The van der Waals surface area contributed by atoms with Crippen LogP contribution in [0.4, 0.5) is 0 Å². The zero-order valence-corrected chi connectivity index (χ0v) is 23.3. The highest BCUT2D eigenvalue weighted by atomic mass is 16.5. The number of ether oxygens (including phenoxy) is 1. The summed E-state index contributed by atoms with van der Waals surface area (Å²) < 4.78 is 6.52. The van der Waals surface area contributed by atoms with Crippen molar-refractivity contribution >= 4 is 16.8 Å². The Hall–Kier alpha value is -4.48. The van der Waals surface area contributed by atoms with Gasteiger partial charge in [0.05, 0.1) is 17.1 Å². The first-order valence-electron chi connectivity index (χ1n) is 14.5. The van der Waals surface area contributed by atoms with Gasteiger partial charge in [-0.3, -0.25) is 4.79 Å². The number of carbonyl (C=O) groups is 1. The van der Waals surface area contributed by atoms with Crippen LogP contribution < -0.4 is 15.4 Å². The van der Waals surface area contributed by atoms with Crippen molar-refractivity contribution < 1.29 is 9.53 Å². The molecule has 5 nitrogen and oxygen atoms in total. The fourth-order valence-corrected chi connectivity index (χ4v) is 5.81. The van der Waals surface area contributed by atoms with Crippen LogP contribution in [0.5, 0.6) is 5.75 Å². The largest absolute Gasteiger partial charge is 0.489 e. The van der Waals surface area contributed by atoms with Crippen molar-refractivity contribution in [3.05, 3.63) is 131 Å². The highest BCUT2D eigenvalue weighted by molar-refractivity contribution is 6.10. The third-order valence-corrected chi connectivity index (χ3v) is 7.87. The van der Waals surface area contributed by atoms with Gasteiger partial charge in [0.25, 0.3) is 5.91 Å². The van der Waals surface area contributed by atoms with Gasteiger partial charge in [-0.1, -0.05) is 110 Å². The minimum Gasteiger partial charge on any atom is -0.489 e. The van der Waals surface area contributed by atoms with Crippen LogP contribution in [0.1, 0.15) is 46.4 Å². The number of fused-ring (bicyclic) bond motifs is 2. The van der Waals surface area contributed by atoms with E-state index in [4.69, 9.17) is 9.72 Å². The highest BCUT2D eigenvalue weighted by Gasteiger charge is 2.25. The third kappa shape index (κ3) is 5.86. The molecular weight excluding hydrogens is 506 g/mol. The van der Waals surface area contributed by atoms with Crippen LogP contribution in [0.15, 0.2) is 109 Å². The topological polar surface area (TPSA) is 63.2 Å². The summed E-state index contributed by atoms with van der Waals surface area (Å²) in [6, 6.07) is 36.8. The molecule has 0 bridgehead atoms. The van der Waals surface area contributed by atoms with Gasteiger partial charge in [-0.15, -0.1) is 0 Å². The van der Waals surface area contributed by atoms with Crippen molar-refractivity contribution in [1.82, 2.24) is 15.6 Å². The van der Waals surface area contributed by atoms with E-state index in [1.807, 2.05) is 72.8 Å². The van der Waals surface area contributed by atoms with E-state index in [0.29, 0.717) is 36.2 Å². The first-order valence-corrected chi connectivity index (χ1v) is 14.5. The predicted octanol–water partition coefficient (Wildman–Crippen LogP) is 6.92.